The maximum atomic E-state index is 5.43. The van der Waals surface area contributed by atoms with Crippen molar-refractivity contribution < 1.29 is 0 Å². The van der Waals surface area contributed by atoms with Crippen molar-refractivity contribution in [2.24, 2.45) is 5.92 Å². The van der Waals surface area contributed by atoms with Gasteiger partial charge in [0, 0.05) is 11.6 Å². The Bertz CT molecular complexity index is 488. The van der Waals surface area contributed by atoms with E-state index < -0.39 is 0 Å². The van der Waals surface area contributed by atoms with E-state index in [0.29, 0.717) is 11.8 Å². The summed E-state index contributed by atoms with van der Waals surface area (Å²) in [5.41, 5.74) is 1.22. The zero-order valence-electron chi connectivity index (χ0n) is 12.5. The Hall–Kier alpha value is -0.220. The molecule has 112 valence electrons. The van der Waals surface area contributed by atoms with E-state index in [9.17, 15) is 0 Å². The van der Waals surface area contributed by atoms with Gasteiger partial charge in [-0.3, -0.25) is 0 Å². The summed E-state index contributed by atoms with van der Waals surface area (Å²) in [6.45, 7) is 4.47. The van der Waals surface area contributed by atoms with E-state index in [1.54, 1.807) is 0 Å². The fourth-order valence-electron chi connectivity index (χ4n) is 3.00. The highest BCUT2D eigenvalue weighted by Gasteiger charge is 2.18. The summed E-state index contributed by atoms with van der Waals surface area (Å²) in [4.78, 5) is 8.23. The molecule has 0 spiro atoms. The molecule has 1 aromatic rings. The molecule has 1 aliphatic rings. The molecule has 2 nitrogen and oxygen atoms in total. The van der Waals surface area contributed by atoms with Gasteiger partial charge in [0.05, 0.1) is 4.47 Å². The van der Waals surface area contributed by atoms with Gasteiger partial charge in [-0.1, -0.05) is 58.2 Å². The zero-order chi connectivity index (χ0) is 14.5. The largest absolute Gasteiger partial charge is 0.346 e. The highest BCUT2D eigenvalue weighted by atomic mass is 79.9. The van der Waals surface area contributed by atoms with Gasteiger partial charge in [-0.25, -0.2) is 4.98 Å². The molecule has 0 aromatic carbocycles. The van der Waals surface area contributed by atoms with Gasteiger partial charge in [0.25, 0.3) is 0 Å². The van der Waals surface area contributed by atoms with Crippen molar-refractivity contribution in [2.45, 2.75) is 71.1 Å². The first-order chi connectivity index (χ1) is 9.58. The zero-order valence-corrected chi connectivity index (χ0v) is 14.9. The first-order valence-electron chi connectivity index (χ1n) is 7.86. The maximum Gasteiger partial charge on any atom is 0.144 e. The molecule has 2 rings (SSSR count). The van der Waals surface area contributed by atoms with Crippen molar-refractivity contribution in [2.75, 3.05) is 0 Å². The third kappa shape index (κ3) is 4.39. The van der Waals surface area contributed by atoms with Crippen LogP contribution in [0.3, 0.4) is 0 Å². The second-order valence-electron chi connectivity index (χ2n) is 6.36. The van der Waals surface area contributed by atoms with Crippen LogP contribution in [0.5, 0.6) is 0 Å². The normalized spacial score (nSPS) is 18.0. The summed E-state index contributed by atoms with van der Waals surface area (Å²) in [5, 5.41) is 0. The predicted octanol–water partition coefficient (Wildman–Crippen LogP) is 5.93. The van der Waals surface area contributed by atoms with Crippen LogP contribution in [-0.2, 0) is 6.42 Å². The highest BCUT2D eigenvalue weighted by molar-refractivity contribution is 9.10. The van der Waals surface area contributed by atoms with E-state index in [2.05, 4.69) is 39.7 Å². The van der Waals surface area contributed by atoms with Gasteiger partial charge in [0.2, 0.25) is 0 Å². The molecular weight excluding hydrogens is 332 g/mol. The van der Waals surface area contributed by atoms with Gasteiger partial charge in [-0.15, -0.1) is 0 Å². The van der Waals surface area contributed by atoms with Crippen LogP contribution < -0.4 is 0 Å². The SMILES string of the molecule is CC(C)Cc1[nH]c(C2CCCCCCC2)nc(=S)c1Br. The molecule has 1 heterocycles. The van der Waals surface area contributed by atoms with Crippen LogP contribution in [0.1, 0.15) is 76.2 Å². The van der Waals surface area contributed by atoms with E-state index in [1.165, 1.54) is 50.6 Å². The monoisotopic (exact) mass is 356 g/mol. The summed E-state index contributed by atoms with van der Waals surface area (Å²) in [5.74, 6) is 2.30. The van der Waals surface area contributed by atoms with E-state index in [4.69, 9.17) is 12.2 Å². The van der Waals surface area contributed by atoms with Crippen molar-refractivity contribution in [1.29, 1.82) is 0 Å². The van der Waals surface area contributed by atoms with Crippen LogP contribution in [0.2, 0.25) is 0 Å². The lowest BCUT2D eigenvalue weighted by Crippen LogP contribution is -2.11. The quantitative estimate of drug-likeness (QED) is 0.680. The Morgan fingerprint density at radius 3 is 2.40 bits per heavy atom. The van der Waals surface area contributed by atoms with Gasteiger partial charge in [-0.2, -0.15) is 0 Å². The fourth-order valence-corrected chi connectivity index (χ4v) is 3.57. The summed E-state index contributed by atoms with van der Waals surface area (Å²) in [6.07, 6.45) is 10.3. The topological polar surface area (TPSA) is 28.7 Å². The Kier molecular flexibility index (Phi) is 6.21. The molecule has 1 aromatic heterocycles. The Labute approximate surface area is 135 Å². The molecule has 0 radical (unpaired) electrons. The molecule has 20 heavy (non-hydrogen) atoms. The number of rotatable bonds is 3. The third-order valence-corrected chi connectivity index (χ3v) is 5.47. The third-order valence-electron chi connectivity index (χ3n) is 4.06. The molecule has 0 amide bonds. The smallest absolute Gasteiger partial charge is 0.144 e. The molecule has 1 aliphatic carbocycles. The summed E-state index contributed by atoms with van der Waals surface area (Å²) in [6, 6.07) is 0. The van der Waals surface area contributed by atoms with E-state index in [0.717, 1.165) is 21.4 Å². The molecule has 0 unspecified atom stereocenters. The minimum absolute atomic E-state index is 0.566. The van der Waals surface area contributed by atoms with Crippen LogP contribution in [-0.4, -0.2) is 9.97 Å². The standard InChI is InChI=1S/C16H25BrN2S/c1-11(2)10-13-14(17)16(20)19-15(18-13)12-8-6-4-3-5-7-9-12/h11-12H,3-10H2,1-2H3,(H,18,19,20). The van der Waals surface area contributed by atoms with E-state index >= 15 is 0 Å². The summed E-state index contributed by atoms with van der Waals surface area (Å²) in [7, 11) is 0. The predicted molar refractivity (Wildman–Crippen MR) is 90.7 cm³/mol. The van der Waals surface area contributed by atoms with Crippen molar-refractivity contribution in [3.8, 4) is 0 Å². The molecule has 4 heteroatoms. The number of nitrogens with zero attached hydrogens (tertiary/aromatic N) is 1. The molecule has 0 saturated heterocycles. The van der Waals surface area contributed by atoms with Gasteiger partial charge < -0.3 is 4.98 Å². The molecule has 0 aliphatic heterocycles. The van der Waals surface area contributed by atoms with Crippen LogP contribution in [0.15, 0.2) is 4.47 Å². The Balaban J connectivity index is 2.25. The molecule has 0 bridgehead atoms. The number of hydrogen-bond acceptors (Lipinski definition) is 2. The van der Waals surface area contributed by atoms with Gasteiger partial charge in [0.15, 0.2) is 0 Å². The van der Waals surface area contributed by atoms with Gasteiger partial charge in [-0.05, 0) is 41.1 Å². The van der Waals surface area contributed by atoms with Crippen molar-refractivity contribution in [3.05, 3.63) is 20.6 Å². The summed E-state index contributed by atoms with van der Waals surface area (Å²) >= 11 is 9.03. The first kappa shape index (κ1) is 16.2. The Morgan fingerprint density at radius 2 is 1.80 bits per heavy atom. The van der Waals surface area contributed by atoms with Crippen LogP contribution in [0.25, 0.3) is 0 Å². The molecule has 1 saturated carbocycles. The van der Waals surface area contributed by atoms with Crippen molar-refractivity contribution in [3.63, 3.8) is 0 Å². The fraction of sp³-hybridized carbons (Fsp3) is 0.750. The van der Waals surface area contributed by atoms with Gasteiger partial charge >= 0.3 is 0 Å². The van der Waals surface area contributed by atoms with Crippen LogP contribution in [0, 0.1) is 10.6 Å². The molecule has 1 N–H and O–H groups in total. The minimum Gasteiger partial charge on any atom is -0.346 e. The van der Waals surface area contributed by atoms with Crippen molar-refractivity contribution in [1.82, 2.24) is 9.97 Å². The number of nitrogens with one attached hydrogen (secondary N) is 1. The van der Waals surface area contributed by atoms with E-state index in [1.807, 2.05) is 0 Å². The highest BCUT2D eigenvalue weighted by Crippen LogP contribution is 2.30. The lowest BCUT2D eigenvalue weighted by Gasteiger charge is -2.20. The molecular formula is C16H25BrN2S. The number of aromatic amines is 1. The molecule has 0 atom stereocenters. The minimum atomic E-state index is 0.566. The van der Waals surface area contributed by atoms with Crippen LogP contribution in [0.4, 0.5) is 0 Å². The van der Waals surface area contributed by atoms with E-state index in [-0.39, 0.29) is 0 Å². The lowest BCUT2D eigenvalue weighted by molar-refractivity contribution is 0.440. The maximum absolute atomic E-state index is 5.43. The number of halogens is 1. The average Bonchev–Trinajstić information content (AvgIpc) is 2.33. The van der Waals surface area contributed by atoms with Gasteiger partial charge in [0.1, 0.15) is 10.5 Å². The number of aromatic nitrogens is 2. The average molecular weight is 357 g/mol. The lowest BCUT2D eigenvalue weighted by atomic mass is 9.90. The second kappa shape index (κ2) is 7.69. The first-order valence-corrected chi connectivity index (χ1v) is 9.06. The Morgan fingerprint density at radius 1 is 1.20 bits per heavy atom. The number of H-pyrrole nitrogens is 1. The summed E-state index contributed by atoms with van der Waals surface area (Å²) < 4.78 is 1.70. The second-order valence-corrected chi connectivity index (χ2v) is 7.54. The van der Waals surface area contributed by atoms with Crippen molar-refractivity contribution >= 4 is 28.1 Å². The van der Waals surface area contributed by atoms with Crippen LogP contribution >= 0.6 is 28.1 Å². The molecule has 1 fully saturated rings. The number of hydrogen-bond donors (Lipinski definition) is 1.